The summed E-state index contributed by atoms with van der Waals surface area (Å²) in [5.74, 6) is -0.648. The number of hydrazine groups is 1. The number of carbonyl (C=O) groups excluding carboxylic acids is 2. The lowest BCUT2D eigenvalue weighted by Gasteiger charge is -2.06. The molecule has 1 rings (SSSR count). The first kappa shape index (κ1) is 11.7. The second-order valence-corrected chi connectivity index (χ2v) is 4.07. The molecule has 0 bridgehead atoms. The number of hydrogen-bond acceptors (Lipinski definition) is 2. The maximum atomic E-state index is 11.5. The van der Waals surface area contributed by atoms with E-state index in [1.54, 1.807) is 12.1 Å². The van der Waals surface area contributed by atoms with Crippen molar-refractivity contribution in [3.05, 3.63) is 33.8 Å². The summed E-state index contributed by atoms with van der Waals surface area (Å²) in [5.41, 5.74) is 5.99. The number of amides is 2. The van der Waals surface area contributed by atoms with Gasteiger partial charge in [0.2, 0.25) is 5.91 Å². The van der Waals surface area contributed by atoms with Crippen molar-refractivity contribution in [2.24, 2.45) is 0 Å². The number of nitrogens with one attached hydrogen (secondary N) is 2. The highest BCUT2D eigenvalue weighted by molar-refractivity contribution is 9.10. The fourth-order valence-corrected chi connectivity index (χ4v) is 1.69. The lowest BCUT2D eigenvalue weighted by atomic mass is 10.1. The first-order valence-corrected chi connectivity index (χ1v) is 5.12. The van der Waals surface area contributed by atoms with Gasteiger partial charge in [-0.15, -0.1) is 0 Å². The zero-order valence-electron chi connectivity index (χ0n) is 8.43. The molecule has 0 unspecified atom stereocenters. The predicted molar refractivity (Wildman–Crippen MR) is 60.2 cm³/mol. The molecule has 80 valence electrons. The Balaban J connectivity index is 2.77. The number of halogens is 1. The molecule has 0 aromatic heterocycles. The fourth-order valence-electron chi connectivity index (χ4n) is 1.08. The molecule has 15 heavy (non-hydrogen) atoms. The van der Waals surface area contributed by atoms with Crippen LogP contribution in [-0.2, 0) is 4.79 Å². The third-order valence-corrected chi connectivity index (χ3v) is 2.11. The Kier molecular flexibility index (Phi) is 3.85. The summed E-state index contributed by atoms with van der Waals surface area (Å²) in [6.07, 6.45) is 0. The van der Waals surface area contributed by atoms with Crippen LogP contribution < -0.4 is 10.9 Å². The average molecular weight is 271 g/mol. The maximum absolute atomic E-state index is 11.5. The van der Waals surface area contributed by atoms with Gasteiger partial charge in [0, 0.05) is 17.0 Å². The number of carbonyl (C=O) groups is 2. The van der Waals surface area contributed by atoms with Gasteiger partial charge in [0.1, 0.15) is 0 Å². The van der Waals surface area contributed by atoms with E-state index in [4.69, 9.17) is 0 Å². The van der Waals surface area contributed by atoms with E-state index in [0.717, 1.165) is 10.0 Å². The number of aryl methyl sites for hydroxylation is 1. The largest absolute Gasteiger partial charge is 0.274 e. The molecule has 2 N–H and O–H groups in total. The fraction of sp³-hybridized carbons (Fsp3) is 0.200. The molecule has 0 aliphatic rings. The van der Waals surface area contributed by atoms with E-state index >= 15 is 0 Å². The number of benzene rings is 1. The van der Waals surface area contributed by atoms with Crippen molar-refractivity contribution in [2.45, 2.75) is 13.8 Å². The molecule has 0 heterocycles. The van der Waals surface area contributed by atoms with Gasteiger partial charge in [-0.3, -0.25) is 20.4 Å². The van der Waals surface area contributed by atoms with Crippen molar-refractivity contribution < 1.29 is 9.59 Å². The summed E-state index contributed by atoms with van der Waals surface area (Å²) < 4.78 is 0.829. The summed E-state index contributed by atoms with van der Waals surface area (Å²) in [7, 11) is 0. The van der Waals surface area contributed by atoms with Crippen LogP contribution in [0.3, 0.4) is 0 Å². The molecule has 5 heteroatoms. The Morgan fingerprint density at radius 3 is 2.40 bits per heavy atom. The standard InChI is InChI=1S/C10H11BrN2O2/c1-6-3-8(5-9(11)4-6)10(15)13-12-7(2)14/h3-5H,1-2H3,(H,12,14)(H,13,15). The SMILES string of the molecule is CC(=O)NNC(=O)c1cc(C)cc(Br)c1. The highest BCUT2D eigenvalue weighted by Crippen LogP contribution is 2.14. The summed E-state index contributed by atoms with van der Waals surface area (Å²) in [6.45, 7) is 3.21. The highest BCUT2D eigenvalue weighted by atomic mass is 79.9. The molecule has 1 aromatic rings. The lowest BCUT2D eigenvalue weighted by Crippen LogP contribution is -2.40. The van der Waals surface area contributed by atoms with Gasteiger partial charge in [-0.25, -0.2) is 0 Å². The minimum Gasteiger partial charge on any atom is -0.274 e. The predicted octanol–water partition coefficient (Wildman–Crippen LogP) is 1.54. The molecule has 0 radical (unpaired) electrons. The Bertz CT molecular complexity index is 384. The number of rotatable bonds is 1. The van der Waals surface area contributed by atoms with Gasteiger partial charge in [-0.05, 0) is 30.7 Å². The van der Waals surface area contributed by atoms with Crippen molar-refractivity contribution in [3.63, 3.8) is 0 Å². The van der Waals surface area contributed by atoms with Crippen LogP contribution in [0.15, 0.2) is 22.7 Å². The Morgan fingerprint density at radius 1 is 1.20 bits per heavy atom. The molecule has 0 aliphatic heterocycles. The second-order valence-electron chi connectivity index (χ2n) is 3.15. The van der Waals surface area contributed by atoms with E-state index in [-0.39, 0.29) is 11.8 Å². The molecule has 0 saturated heterocycles. The molecular formula is C10H11BrN2O2. The summed E-state index contributed by atoms with van der Waals surface area (Å²) in [6, 6.07) is 5.32. The highest BCUT2D eigenvalue weighted by Gasteiger charge is 2.06. The van der Waals surface area contributed by atoms with Gasteiger partial charge in [-0.1, -0.05) is 15.9 Å². The van der Waals surface area contributed by atoms with Crippen molar-refractivity contribution in [2.75, 3.05) is 0 Å². The third-order valence-electron chi connectivity index (χ3n) is 1.66. The smallest absolute Gasteiger partial charge is 0.269 e. The Labute approximate surface area is 96.2 Å². The van der Waals surface area contributed by atoms with Crippen LogP contribution >= 0.6 is 15.9 Å². The van der Waals surface area contributed by atoms with Gasteiger partial charge in [0.25, 0.3) is 5.91 Å². The van der Waals surface area contributed by atoms with E-state index in [0.29, 0.717) is 5.56 Å². The zero-order valence-corrected chi connectivity index (χ0v) is 10.0. The zero-order chi connectivity index (χ0) is 11.4. The Hall–Kier alpha value is -1.36. The molecule has 0 aliphatic carbocycles. The van der Waals surface area contributed by atoms with Crippen molar-refractivity contribution in [3.8, 4) is 0 Å². The van der Waals surface area contributed by atoms with E-state index in [1.165, 1.54) is 6.92 Å². The van der Waals surface area contributed by atoms with Gasteiger partial charge in [0.05, 0.1) is 0 Å². The molecule has 2 amide bonds. The van der Waals surface area contributed by atoms with Crippen LogP contribution in [-0.4, -0.2) is 11.8 Å². The average Bonchev–Trinajstić information content (AvgIpc) is 2.12. The minimum absolute atomic E-state index is 0.310. The van der Waals surface area contributed by atoms with E-state index < -0.39 is 0 Å². The molecule has 4 nitrogen and oxygen atoms in total. The Morgan fingerprint density at radius 2 is 1.87 bits per heavy atom. The van der Waals surface area contributed by atoms with Crippen LogP contribution in [0.2, 0.25) is 0 Å². The topological polar surface area (TPSA) is 58.2 Å². The normalized spacial score (nSPS) is 9.53. The monoisotopic (exact) mass is 270 g/mol. The first-order valence-electron chi connectivity index (χ1n) is 4.33. The maximum Gasteiger partial charge on any atom is 0.269 e. The second kappa shape index (κ2) is 4.93. The van der Waals surface area contributed by atoms with Crippen molar-refractivity contribution in [1.29, 1.82) is 0 Å². The van der Waals surface area contributed by atoms with E-state index in [2.05, 4.69) is 26.8 Å². The van der Waals surface area contributed by atoms with Crippen LogP contribution in [0.5, 0.6) is 0 Å². The van der Waals surface area contributed by atoms with Crippen LogP contribution in [0.25, 0.3) is 0 Å². The molecule has 0 fully saturated rings. The van der Waals surface area contributed by atoms with Crippen molar-refractivity contribution >= 4 is 27.7 Å². The lowest BCUT2D eigenvalue weighted by molar-refractivity contribution is -0.119. The minimum atomic E-state index is -0.338. The van der Waals surface area contributed by atoms with Gasteiger partial charge in [-0.2, -0.15) is 0 Å². The van der Waals surface area contributed by atoms with E-state index in [1.807, 2.05) is 13.0 Å². The summed E-state index contributed by atoms with van der Waals surface area (Å²) >= 11 is 3.29. The molecule has 0 spiro atoms. The van der Waals surface area contributed by atoms with Crippen molar-refractivity contribution in [1.82, 2.24) is 10.9 Å². The molecule has 0 saturated carbocycles. The van der Waals surface area contributed by atoms with Gasteiger partial charge >= 0.3 is 0 Å². The molecular weight excluding hydrogens is 260 g/mol. The van der Waals surface area contributed by atoms with Crippen LogP contribution in [0.1, 0.15) is 22.8 Å². The summed E-state index contributed by atoms with van der Waals surface area (Å²) in [5, 5.41) is 0. The quantitative estimate of drug-likeness (QED) is 0.761. The molecule has 0 atom stereocenters. The van der Waals surface area contributed by atoms with Crippen LogP contribution in [0, 0.1) is 6.92 Å². The molecule has 1 aromatic carbocycles. The summed E-state index contributed by atoms with van der Waals surface area (Å²) in [4.78, 5) is 22.1. The third kappa shape index (κ3) is 3.71. The first-order chi connectivity index (χ1) is 6.99. The van der Waals surface area contributed by atoms with Gasteiger partial charge < -0.3 is 0 Å². The van der Waals surface area contributed by atoms with E-state index in [9.17, 15) is 9.59 Å². The number of hydrogen-bond donors (Lipinski definition) is 2. The van der Waals surface area contributed by atoms with Crippen LogP contribution in [0.4, 0.5) is 0 Å². The van der Waals surface area contributed by atoms with Gasteiger partial charge in [0.15, 0.2) is 0 Å².